The zero-order valence-electron chi connectivity index (χ0n) is 37.5. The van der Waals surface area contributed by atoms with Gasteiger partial charge in [-0.2, -0.15) is 8.42 Å². The van der Waals surface area contributed by atoms with Crippen LogP contribution in [0.3, 0.4) is 0 Å². The van der Waals surface area contributed by atoms with Gasteiger partial charge in [0.15, 0.2) is 12.1 Å². The minimum Gasteiger partial charge on any atom is -0.506 e. The lowest BCUT2D eigenvalue weighted by atomic mass is 9.91. The summed E-state index contributed by atoms with van der Waals surface area (Å²) in [5, 5.41) is 41.7. The van der Waals surface area contributed by atoms with E-state index in [0.29, 0.717) is 12.0 Å². The van der Waals surface area contributed by atoms with Crippen molar-refractivity contribution in [3.05, 3.63) is 28.8 Å². The molecule has 2 unspecified atom stereocenters. The molecule has 2 saturated heterocycles. The van der Waals surface area contributed by atoms with Crippen LogP contribution in [0.5, 0.6) is 5.75 Å². The summed E-state index contributed by atoms with van der Waals surface area (Å²) < 4.78 is 41.1. The molecule has 3 rings (SSSR count). The Bertz CT molecular complexity index is 2080. The van der Waals surface area contributed by atoms with E-state index in [4.69, 9.17) is 32.4 Å². The Morgan fingerprint density at radius 1 is 1.02 bits per heavy atom. The number of nitrogens with zero attached hydrogens (tertiary/aromatic N) is 3. The predicted octanol–water partition coefficient (Wildman–Crippen LogP) is -2.06. The van der Waals surface area contributed by atoms with Crippen LogP contribution < -0.4 is 32.7 Å². The number of halogens is 1. The largest absolute Gasteiger partial charge is 0.506 e. The number of nitrogens with one attached hydrogen (secondary N) is 4. The molecule has 0 aliphatic carbocycles. The van der Waals surface area contributed by atoms with Crippen LogP contribution in [0.25, 0.3) is 0 Å². The number of aliphatic hydroxyl groups excluding tert-OH is 2. The zero-order valence-corrected chi connectivity index (χ0v) is 39.1. The van der Waals surface area contributed by atoms with Crippen molar-refractivity contribution >= 4 is 69.4 Å². The van der Waals surface area contributed by atoms with Crippen molar-refractivity contribution in [3.63, 3.8) is 0 Å². The molecule has 370 valence electrons. The number of fused-ring (bicyclic) bond motifs is 2. The minimum atomic E-state index is -5.14. The third-order valence-corrected chi connectivity index (χ3v) is 12.3. The van der Waals surface area contributed by atoms with Crippen LogP contribution in [0.4, 0.5) is 0 Å². The average molecular weight is 977 g/mol. The lowest BCUT2D eigenvalue weighted by molar-refractivity contribution is -0.168. The molecule has 0 saturated carbocycles. The molecule has 11 atom stereocenters. The number of esters is 1. The third kappa shape index (κ3) is 15.1. The number of aromatic hydroxyl groups is 1. The molecule has 24 nitrogen and oxygen atoms in total. The molecule has 2 aliphatic heterocycles. The highest BCUT2D eigenvalue weighted by Crippen LogP contribution is 2.29. The van der Waals surface area contributed by atoms with Gasteiger partial charge in [-0.05, 0) is 62.1 Å². The number of likely N-dealkylation sites (N-methyl/N-ethyl adjacent to an activating group) is 1. The van der Waals surface area contributed by atoms with Crippen LogP contribution in [0.1, 0.15) is 78.7 Å². The van der Waals surface area contributed by atoms with Crippen LogP contribution in [0.2, 0.25) is 5.02 Å². The van der Waals surface area contributed by atoms with Crippen molar-refractivity contribution in [3.8, 4) is 5.75 Å². The summed E-state index contributed by atoms with van der Waals surface area (Å²) in [6, 6.07) is -5.13. The number of benzene rings is 1. The molecule has 6 amide bonds. The molecular weight excluding hydrogens is 914 g/mol. The summed E-state index contributed by atoms with van der Waals surface area (Å²) in [5.74, 6) is -9.14. The van der Waals surface area contributed by atoms with Crippen molar-refractivity contribution in [1.29, 1.82) is 0 Å². The van der Waals surface area contributed by atoms with Crippen molar-refractivity contribution in [2.45, 2.75) is 134 Å². The molecule has 2 bridgehead atoms. The van der Waals surface area contributed by atoms with E-state index in [1.165, 1.54) is 25.2 Å². The Labute approximate surface area is 387 Å². The maximum absolute atomic E-state index is 14.8. The van der Waals surface area contributed by atoms with Gasteiger partial charge in [-0.1, -0.05) is 58.2 Å². The van der Waals surface area contributed by atoms with Gasteiger partial charge in [0.05, 0.1) is 5.02 Å². The molecule has 1 aromatic carbocycles. The van der Waals surface area contributed by atoms with Crippen LogP contribution >= 0.6 is 11.6 Å². The highest BCUT2D eigenvalue weighted by molar-refractivity contribution is 7.80. The fourth-order valence-electron chi connectivity index (χ4n) is 7.31. The number of aliphatic imine (C=N–C) groups is 1. The second-order valence-electron chi connectivity index (χ2n) is 16.4. The highest BCUT2D eigenvalue weighted by atomic mass is 35.5. The van der Waals surface area contributed by atoms with E-state index in [0.717, 1.165) is 16.7 Å². The Hall–Kier alpha value is -5.34. The number of cyclic esters (lactones) is 1. The molecule has 0 spiro atoms. The second kappa shape index (κ2) is 24.4. The first-order chi connectivity index (χ1) is 30.8. The first-order valence-corrected chi connectivity index (χ1v) is 23.1. The number of nitrogens with two attached hydrogens (primary N) is 2. The van der Waals surface area contributed by atoms with Crippen LogP contribution in [0, 0.1) is 11.8 Å². The van der Waals surface area contributed by atoms with Crippen molar-refractivity contribution in [1.82, 2.24) is 31.1 Å². The van der Waals surface area contributed by atoms with Gasteiger partial charge in [-0.3, -0.25) is 38.3 Å². The Balaban J connectivity index is 2.26. The summed E-state index contributed by atoms with van der Waals surface area (Å²) in [6.07, 6.45) is -5.62. The second-order valence-corrected chi connectivity index (χ2v) is 17.9. The van der Waals surface area contributed by atoms with Gasteiger partial charge in [0.2, 0.25) is 29.5 Å². The fourth-order valence-corrected chi connectivity index (χ4v) is 7.81. The average Bonchev–Trinajstić information content (AvgIpc) is 3.25. The van der Waals surface area contributed by atoms with Crippen molar-refractivity contribution in [2.75, 3.05) is 20.2 Å². The normalized spacial score (nSPS) is 26.6. The number of phenols is 1. The molecule has 2 fully saturated rings. The third-order valence-electron chi connectivity index (χ3n) is 11.6. The smallest absolute Gasteiger partial charge is 0.397 e. The molecule has 1 aromatic rings. The summed E-state index contributed by atoms with van der Waals surface area (Å²) in [5.41, 5.74) is 11.3. The monoisotopic (exact) mass is 975 g/mol. The topological polar surface area (TPSA) is 372 Å². The number of ether oxygens (including phenoxy) is 1. The number of carbonyl (C=O) groups excluding carboxylic acids is 7. The van der Waals surface area contributed by atoms with E-state index in [-0.39, 0.29) is 61.8 Å². The van der Waals surface area contributed by atoms with E-state index in [1.807, 2.05) is 0 Å². The van der Waals surface area contributed by atoms with Gasteiger partial charge in [-0.25, -0.2) is 8.98 Å². The van der Waals surface area contributed by atoms with Gasteiger partial charge < -0.3 is 62.6 Å². The van der Waals surface area contributed by atoms with Crippen molar-refractivity contribution < 1.29 is 70.8 Å². The first-order valence-electron chi connectivity index (χ1n) is 21.3. The number of hydrogen-bond donors (Lipinski definition) is 10. The van der Waals surface area contributed by atoms with Crippen LogP contribution in [-0.2, 0) is 59.3 Å². The maximum Gasteiger partial charge on any atom is 0.397 e. The molecule has 0 aromatic heterocycles. The first kappa shape index (κ1) is 55.0. The Morgan fingerprint density at radius 3 is 2.26 bits per heavy atom. The summed E-state index contributed by atoms with van der Waals surface area (Å²) in [7, 11) is -3.83. The SMILES string of the molecule is CC[C@H](C)[C@@H]1NC(=O)C(Cc2ccc(O)c(Cl)c2)N(C)C(=O)[C@H]([C@@H](C)CC)N2C(=O)[C@H](CC[C@H]2O)NC(=O)C(CCCN=C(N)N)NC(=O)[C@@H](NC(=O)[C@@H](O)COS(=O)(=O)O)[C@@H](C)OC1=O. The number of guanidine groups is 1. The Kier molecular flexibility index (Phi) is 20.4. The standard InChI is InChI=1S/C40H62ClN9O15S/c1-7-19(3)30-39(60)65-21(5)31(48-35(56)28(52)18-64-66(61,62)63)36(57)45-24(10-9-15-44-40(42)43)33(54)46-25-12-14-29(53)50(37(25)58)32(20(4)8-2)38(59)49(6)26(34(55)47-30)17-22-11-13-27(51)23(41)16-22/h11,13,16,19-21,24-26,28-32,51-53H,7-10,12,14-15,17-18H2,1-6H3,(H,45,57)(H,46,54)(H,47,55)(H,48,56)(H4,42,43,44)(H,61,62,63)/t19-,20-,21+,24?,25-,26?,28-,29+,30-,31-,32-/m0/s1. The molecule has 12 N–H and O–H groups in total. The number of carbonyl (C=O) groups is 7. The lowest BCUT2D eigenvalue weighted by Gasteiger charge is -2.44. The van der Waals surface area contributed by atoms with E-state index in [1.54, 1.807) is 27.7 Å². The van der Waals surface area contributed by atoms with E-state index in [9.17, 15) is 57.3 Å². The Morgan fingerprint density at radius 2 is 1.67 bits per heavy atom. The number of phenolic OH excluding ortho intramolecular Hbond substituents is 1. The number of aliphatic hydroxyl groups is 2. The predicted molar refractivity (Wildman–Crippen MR) is 235 cm³/mol. The van der Waals surface area contributed by atoms with E-state index in [2.05, 4.69) is 30.4 Å². The molecule has 2 aliphatic rings. The molecular formula is C40H62ClN9O15S. The van der Waals surface area contributed by atoms with Gasteiger partial charge in [-0.15, -0.1) is 0 Å². The summed E-state index contributed by atoms with van der Waals surface area (Å²) in [4.78, 5) is 105. The number of hydrogen-bond acceptors (Lipinski definition) is 15. The molecule has 2 heterocycles. The van der Waals surface area contributed by atoms with Gasteiger partial charge in [0, 0.05) is 20.0 Å². The fraction of sp³-hybridized carbons (Fsp3) is 0.650. The number of amides is 6. The quantitative estimate of drug-likeness (QED) is 0.0297. The van der Waals surface area contributed by atoms with E-state index >= 15 is 0 Å². The van der Waals surface area contributed by atoms with Gasteiger partial charge >= 0.3 is 16.4 Å². The van der Waals surface area contributed by atoms with Gasteiger partial charge in [0.25, 0.3) is 5.91 Å². The maximum atomic E-state index is 14.8. The molecule has 66 heavy (non-hydrogen) atoms. The zero-order chi connectivity index (χ0) is 49.8. The van der Waals surface area contributed by atoms with Crippen LogP contribution in [0.15, 0.2) is 23.2 Å². The number of rotatable bonds is 15. The number of piperidine rings is 1. The van der Waals surface area contributed by atoms with E-state index < -0.39 is 125 Å². The lowest BCUT2D eigenvalue weighted by Crippen LogP contribution is -2.66. The van der Waals surface area contributed by atoms with Gasteiger partial charge in [0.1, 0.15) is 60.9 Å². The van der Waals surface area contributed by atoms with Crippen molar-refractivity contribution in [2.24, 2.45) is 28.3 Å². The highest BCUT2D eigenvalue weighted by Gasteiger charge is 2.47. The summed E-state index contributed by atoms with van der Waals surface area (Å²) >= 11 is 6.22. The molecule has 26 heteroatoms. The summed E-state index contributed by atoms with van der Waals surface area (Å²) in [6.45, 7) is 6.53. The van der Waals surface area contributed by atoms with Crippen LogP contribution in [-0.4, -0.2) is 160 Å². The minimum absolute atomic E-state index is 0.0336. The molecule has 0 radical (unpaired) electrons.